The third kappa shape index (κ3) is 1.38. The molecule has 9 heavy (non-hydrogen) atoms. The van der Waals surface area contributed by atoms with Crippen LogP contribution in [0.1, 0.15) is 0 Å². The lowest BCUT2D eigenvalue weighted by atomic mass is 10.1. The monoisotopic (exact) mass is 144 g/mol. The first-order chi connectivity index (χ1) is 4.24. The molecule has 3 heteroatoms. The zero-order valence-electron chi connectivity index (χ0n) is 5.83. The van der Waals surface area contributed by atoms with Crippen LogP contribution in [0.25, 0.3) is 0 Å². The fourth-order valence-corrected chi connectivity index (χ4v) is 1.91. The highest BCUT2D eigenvalue weighted by Gasteiger charge is 2.26. The highest BCUT2D eigenvalue weighted by Crippen LogP contribution is 2.30. The molecule has 2 nitrogen and oxygen atoms in total. The van der Waals surface area contributed by atoms with Crippen molar-refractivity contribution in [2.75, 3.05) is 25.6 Å². The van der Waals surface area contributed by atoms with Gasteiger partial charge in [0, 0.05) is 13.1 Å². The summed E-state index contributed by atoms with van der Waals surface area (Å²) < 4.78 is 2.36. The summed E-state index contributed by atoms with van der Waals surface area (Å²) in [6.07, 6.45) is 4.45. The molecule has 0 atom stereocenters. The second-order valence-electron chi connectivity index (χ2n) is 2.54. The molecule has 1 aliphatic heterocycles. The molecule has 0 saturated carbocycles. The zero-order chi connectivity index (χ0) is 6.85. The lowest BCUT2D eigenvalue weighted by Gasteiger charge is -2.40. The first kappa shape index (κ1) is 6.91. The van der Waals surface area contributed by atoms with Gasteiger partial charge in [0.25, 0.3) is 0 Å². The third-order valence-corrected chi connectivity index (χ3v) is 3.07. The molecule has 0 aromatic rings. The smallest absolute Gasteiger partial charge is 0.0734 e. The molecule has 1 saturated heterocycles. The zero-order valence-corrected chi connectivity index (χ0v) is 6.73. The Kier molecular flexibility index (Phi) is 1.99. The van der Waals surface area contributed by atoms with E-state index in [2.05, 4.69) is 22.9 Å². The van der Waals surface area contributed by atoms with Crippen LogP contribution in [0.5, 0.6) is 0 Å². The van der Waals surface area contributed by atoms with E-state index in [0.717, 1.165) is 13.1 Å². The van der Waals surface area contributed by atoms with Crippen molar-refractivity contribution >= 4 is 11.1 Å². The molecule has 0 radical (unpaired) electrons. The van der Waals surface area contributed by atoms with Gasteiger partial charge < -0.3 is 0 Å². The van der Waals surface area contributed by atoms with Crippen LogP contribution < -0.4 is 0 Å². The summed E-state index contributed by atoms with van der Waals surface area (Å²) in [7, 11) is 0. The normalized spacial score (nSPS) is 22.6. The van der Waals surface area contributed by atoms with E-state index in [0.29, 0.717) is 5.92 Å². The van der Waals surface area contributed by atoms with Crippen molar-refractivity contribution in [3.63, 3.8) is 0 Å². The lowest BCUT2D eigenvalue weighted by Crippen LogP contribution is -2.42. The molecule has 0 bridgehead atoms. The molecular formula is C6H12N2S. The summed E-state index contributed by atoms with van der Waals surface area (Å²) in [4.78, 5) is 0. The van der Waals surface area contributed by atoms with Crippen LogP contribution in [0.2, 0.25) is 0 Å². The van der Waals surface area contributed by atoms with E-state index in [9.17, 15) is 0 Å². The number of rotatable bonds is 1. The van der Waals surface area contributed by atoms with Crippen LogP contribution in [0.4, 0.5) is 0 Å². The van der Waals surface area contributed by atoms with Crippen LogP contribution >= 0.6 is 11.1 Å². The standard InChI is InChI=1S/C6H12N2S/c1-9(2)8-4-6(3-7)5-8/h6,9H,4-5H2,1-2H3. The Balaban J connectivity index is 2.21. The fraction of sp³-hybridized carbons (Fsp3) is 0.833. The molecule has 52 valence electrons. The van der Waals surface area contributed by atoms with Crippen LogP contribution in [0.3, 0.4) is 0 Å². The topological polar surface area (TPSA) is 27.0 Å². The fourth-order valence-electron chi connectivity index (χ4n) is 0.864. The Labute approximate surface area is 58.9 Å². The molecule has 1 aliphatic rings. The number of thiol groups is 1. The first-order valence-electron chi connectivity index (χ1n) is 3.06. The van der Waals surface area contributed by atoms with Gasteiger partial charge in [0.1, 0.15) is 0 Å². The minimum Gasteiger partial charge on any atom is -0.268 e. The molecule has 0 aromatic carbocycles. The number of nitriles is 1. The predicted molar refractivity (Wildman–Crippen MR) is 41.5 cm³/mol. The second kappa shape index (κ2) is 2.59. The van der Waals surface area contributed by atoms with Gasteiger partial charge in [-0.05, 0) is 12.5 Å². The molecule has 1 rings (SSSR count). The molecule has 0 N–H and O–H groups in total. The average Bonchev–Trinajstić information content (AvgIpc) is 1.61. The minimum atomic E-state index is 0.0749. The van der Waals surface area contributed by atoms with Gasteiger partial charge in [-0.2, -0.15) is 5.26 Å². The van der Waals surface area contributed by atoms with E-state index in [1.165, 1.54) is 0 Å². The van der Waals surface area contributed by atoms with E-state index in [4.69, 9.17) is 5.26 Å². The molecule has 0 amide bonds. The van der Waals surface area contributed by atoms with Crippen molar-refractivity contribution in [2.24, 2.45) is 5.92 Å². The third-order valence-electron chi connectivity index (χ3n) is 1.61. The van der Waals surface area contributed by atoms with Crippen LogP contribution in [-0.2, 0) is 0 Å². The van der Waals surface area contributed by atoms with Gasteiger partial charge in [0.15, 0.2) is 0 Å². The quantitative estimate of drug-likeness (QED) is 0.546. The summed E-state index contributed by atoms with van der Waals surface area (Å²) >= 11 is 0.0749. The number of hydrogen-bond acceptors (Lipinski definition) is 2. The molecule has 0 aromatic heterocycles. The van der Waals surface area contributed by atoms with Crippen LogP contribution in [0.15, 0.2) is 0 Å². The molecule has 0 spiro atoms. The van der Waals surface area contributed by atoms with Gasteiger partial charge in [-0.15, -0.1) is 0 Å². The Hall–Kier alpha value is -0.200. The van der Waals surface area contributed by atoms with E-state index in [-0.39, 0.29) is 11.1 Å². The van der Waals surface area contributed by atoms with Gasteiger partial charge >= 0.3 is 0 Å². The van der Waals surface area contributed by atoms with Crippen molar-refractivity contribution in [3.8, 4) is 6.07 Å². The van der Waals surface area contributed by atoms with Gasteiger partial charge in [0.2, 0.25) is 0 Å². The summed E-state index contributed by atoms with van der Waals surface area (Å²) in [5.74, 6) is 0.329. The van der Waals surface area contributed by atoms with Crippen molar-refractivity contribution in [1.82, 2.24) is 4.31 Å². The number of nitrogens with zero attached hydrogens (tertiary/aromatic N) is 2. The Morgan fingerprint density at radius 1 is 1.56 bits per heavy atom. The van der Waals surface area contributed by atoms with Gasteiger partial charge in [0.05, 0.1) is 12.0 Å². The van der Waals surface area contributed by atoms with Crippen molar-refractivity contribution in [2.45, 2.75) is 0 Å². The van der Waals surface area contributed by atoms with Gasteiger partial charge in [-0.25, -0.2) is 11.1 Å². The molecule has 1 fully saturated rings. The second-order valence-corrected chi connectivity index (χ2v) is 4.80. The Morgan fingerprint density at radius 3 is 2.44 bits per heavy atom. The van der Waals surface area contributed by atoms with E-state index >= 15 is 0 Å². The maximum absolute atomic E-state index is 8.42. The largest absolute Gasteiger partial charge is 0.268 e. The van der Waals surface area contributed by atoms with Crippen LogP contribution in [0, 0.1) is 17.2 Å². The predicted octanol–water partition coefficient (Wildman–Crippen LogP) is 0.618. The number of hydrogen-bond donors (Lipinski definition) is 1. The first-order valence-corrected chi connectivity index (χ1v) is 5.24. The SMILES string of the molecule is C[SH](C)N1CC(C#N)C1. The summed E-state index contributed by atoms with van der Waals surface area (Å²) in [6, 6.07) is 2.25. The molecule has 0 aliphatic carbocycles. The summed E-state index contributed by atoms with van der Waals surface area (Å²) in [5.41, 5.74) is 0. The van der Waals surface area contributed by atoms with Crippen molar-refractivity contribution in [1.29, 1.82) is 5.26 Å². The Bertz CT molecular complexity index is 132. The highest BCUT2D eigenvalue weighted by molar-refractivity contribution is 8.13. The summed E-state index contributed by atoms with van der Waals surface area (Å²) in [6.45, 7) is 2.02. The molecule has 1 heterocycles. The van der Waals surface area contributed by atoms with Crippen molar-refractivity contribution in [3.05, 3.63) is 0 Å². The van der Waals surface area contributed by atoms with E-state index in [1.54, 1.807) is 0 Å². The van der Waals surface area contributed by atoms with Crippen molar-refractivity contribution < 1.29 is 0 Å². The van der Waals surface area contributed by atoms with Gasteiger partial charge in [-0.1, -0.05) is 0 Å². The van der Waals surface area contributed by atoms with Crippen LogP contribution in [-0.4, -0.2) is 29.9 Å². The maximum atomic E-state index is 8.42. The molecular weight excluding hydrogens is 132 g/mol. The Morgan fingerprint density at radius 2 is 2.11 bits per heavy atom. The average molecular weight is 144 g/mol. The van der Waals surface area contributed by atoms with E-state index in [1.807, 2.05) is 0 Å². The maximum Gasteiger partial charge on any atom is 0.0734 e. The van der Waals surface area contributed by atoms with Gasteiger partial charge in [-0.3, -0.25) is 4.31 Å². The molecule has 0 unspecified atom stereocenters. The highest BCUT2D eigenvalue weighted by atomic mass is 32.2. The summed E-state index contributed by atoms with van der Waals surface area (Å²) in [5, 5.41) is 8.42. The lowest BCUT2D eigenvalue weighted by molar-refractivity contribution is 0.271. The van der Waals surface area contributed by atoms with E-state index < -0.39 is 0 Å². The minimum absolute atomic E-state index is 0.0749.